The lowest BCUT2D eigenvalue weighted by Gasteiger charge is -2.10. The molecule has 0 bridgehead atoms. The zero-order chi connectivity index (χ0) is 13.2. The van der Waals surface area contributed by atoms with Gasteiger partial charge in [0.1, 0.15) is 22.3 Å². The Morgan fingerprint density at radius 1 is 1.35 bits per heavy atom. The molecule has 94 valence electrons. The van der Waals surface area contributed by atoms with Gasteiger partial charge in [-0.05, 0) is 24.6 Å². The van der Waals surface area contributed by atoms with Gasteiger partial charge in [0, 0.05) is 10.7 Å². The summed E-state index contributed by atoms with van der Waals surface area (Å²) in [7, 11) is 1.27. The molecule has 0 atom stereocenters. The average Bonchev–Trinajstić information content (AvgIpc) is 2.18. The van der Waals surface area contributed by atoms with Gasteiger partial charge in [0.15, 0.2) is 0 Å². The van der Waals surface area contributed by atoms with E-state index in [1.165, 1.54) is 12.1 Å². The normalized spacial score (nSPS) is 11.3. The minimum atomic E-state index is -3.92. The summed E-state index contributed by atoms with van der Waals surface area (Å²) in [6, 6.07) is 2.64. The van der Waals surface area contributed by atoms with E-state index in [0.29, 0.717) is 0 Å². The molecule has 0 aliphatic heterocycles. The van der Waals surface area contributed by atoms with E-state index in [9.17, 15) is 8.42 Å². The van der Waals surface area contributed by atoms with Crippen LogP contribution in [0.5, 0.6) is 5.75 Å². The second-order valence-corrected chi connectivity index (χ2v) is 6.66. The zero-order valence-corrected chi connectivity index (χ0v) is 11.9. The molecule has 0 N–H and O–H groups in total. The molecule has 0 radical (unpaired) electrons. The van der Waals surface area contributed by atoms with Gasteiger partial charge >= 0.3 is 0 Å². The first kappa shape index (κ1) is 14.6. The van der Waals surface area contributed by atoms with Crippen LogP contribution in [0.1, 0.15) is 6.92 Å². The summed E-state index contributed by atoms with van der Waals surface area (Å²) < 4.78 is 27.6. The Hall–Kier alpha value is -0.420. The predicted molar refractivity (Wildman–Crippen MR) is 69.8 cm³/mol. The SMILES string of the molecule is C=C(C)COc1ccc(S(=O)(=O)Cl)c(Cl)c1Cl. The van der Waals surface area contributed by atoms with E-state index in [-0.39, 0.29) is 27.3 Å². The summed E-state index contributed by atoms with van der Waals surface area (Å²) in [5.41, 5.74) is 0.797. The molecule has 0 amide bonds. The standard InChI is InChI=1S/C10H9Cl3O3S/c1-6(2)5-16-7-3-4-8(17(13,14)15)10(12)9(7)11/h3-4H,1,5H2,2H3. The van der Waals surface area contributed by atoms with Gasteiger partial charge in [-0.3, -0.25) is 0 Å². The quantitative estimate of drug-likeness (QED) is 0.625. The molecular formula is C10H9Cl3O3S. The van der Waals surface area contributed by atoms with Crippen LogP contribution in [-0.4, -0.2) is 15.0 Å². The number of halogens is 3. The third kappa shape index (κ3) is 3.78. The number of benzene rings is 1. The smallest absolute Gasteiger partial charge is 0.262 e. The molecular weight excluding hydrogens is 307 g/mol. The Labute approximate surface area is 114 Å². The van der Waals surface area contributed by atoms with Crippen molar-refractivity contribution in [2.75, 3.05) is 6.61 Å². The summed E-state index contributed by atoms with van der Waals surface area (Å²) in [5.74, 6) is 0.281. The van der Waals surface area contributed by atoms with Crippen molar-refractivity contribution in [1.29, 1.82) is 0 Å². The topological polar surface area (TPSA) is 43.4 Å². The van der Waals surface area contributed by atoms with Gasteiger partial charge in [-0.2, -0.15) is 0 Å². The molecule has 0 fully saturated rings. The number of rotatable bonds is 4. The molecule has 17 heavy (non-hydrogen) atoms. The van der Waals surface area contributed by atoms with E-state index < -0.39 is 9.05 Å². The monoisotopic (exact) mass is 314 g/mol. The Kier molecular flexibility index (Phi) is 4.72. The second kappa shape index (κ2) is 5.48. The first-order chi connectivity index (χ1) is 7.73. The van der Waals surface area contributed by atoms with E-state index >= 15 is 0 Å². The fraction of sp³-hybridized carbons (Fsp3) is 0.200. The highest BCUT2D eigenvalue weighted by Gasteiger charge is 2.19. The van der Waals surface area contributed by atoms with E-state index in [2.05, 4.69) is 6.58 Å². The second-order valence-electron chi connectivity index (χ2n) is 3.37. The van der Waals surface area contributed by atoms with Crippen molar-refractivity contribution < 1.29 is 13.2 Å². The largest absolute Gasteiger partial charge is 0.488 e. The van der Waals surface area contributed by atoms with E-state index in [1.807, 2.05) is 0 Å². The van der Waals surface area contributed by atoms with Crippen LogP contribution in [0.4, 0.5) is 0 Å². The Bertz CT molecular complexity index is 552. The Morgan fingerprint density at radius 2 is 1.94 bits per heavy atom. The van der Waals surface area contributed by atoms with Crippen LogP contribution in [0.25, 0.3) is 0 Å². The lowest BCUT2D eigenvalue weighted by Crippen LogP contribution is -2.00. The molecule has 0 unspecified atom stereocenters. The zero-order valence-electron chi connectivity index (χ0n) is 8.84. The van der Waals surface area contributed by atoms with Gasteiger partial charge in [-0.15, -0.1) is 0 Å². The molecule has 0 saturated carbocycles. The fourth-order valence-electron chi connectivity index (χ4n) is 1.01. The van der Waals surface area contributed by atoms with Crippen molar-refractivity contribution in [2.24, 2.45) is 0 Å². The molecule has 0 aromatic heterocycles. The minimum Gasteiger partial charge on any atom is -0.488 e. The molecule has 7 heteroatoms. The van der Waals surface area contributed by atoms with Gasteiger partial charge in [0.05, 0.1) is 5.02 Å². The molecule has 0 aliphatic rings. The Morgan fingerprint density at radius 3 is 2.41 bits per heavy atom. The van der Waals surface area contributed by atoms with Crippen LogP contribution in [-0.2, 0) is 9.05 Å². The van der Waals surface area contributed by atoms with Gasteiger partial charge in [0.2, 0.25) is 0 Å². The van der Waals surface area contributed by atoms with Crippen LogP contribution >= 0.6 is 33.9 Å². The van der Waals surface area contributed by atoms with E-state index in [0.717, 1.165) is 5.57 Å². The lowest BCUT2D eigenvalue weighted by molar-refractivity contribution is 0.352. The van der Waals surface area contributed by atoms with Gasteiger partial charge in [-0.25, -0.2) is 8.42 Å². The third-order valence-corrected chi connectivity index (χ3v) is 4.09. The maximum Gasteiger partial charge on any atom is 0.262 e. The maximum absolute atomic E-state index is 11.2. The molecule has 1 rings (SSSR count). The van der Waals surface area contributed by atoms with Crippen LogP contribution in [0, 0.1) is 0 Å². The van der Waals surface area contributed by atoms with Crippen molar-refractivity contribution >= 4 is 42.9 Å². The molecule has 0 heterocycles. The van der Waals surface area contributed by atoms with Gasteiger partial charge in [0.25, 0.3) is 9.05 Å². The highest BCUT2D eigenvalue weighted by molar-refractivity contribution is 8.13. The number of ether oxygens (including phenoxy) is 1. The van der Waals surface area contributed by atoms with Crippen molar-refractivity contribution in [1.82, 2.24) is 0 Å². The maximum atomic E-state index is 11.2. The summed E-state index contributed by atoms with van der Waals surface area (Å²) in [6.07, 6.45) is 0. The first-order valence-electron chi connectivity index (χ1n) is 4.43. The van der Waals surface area contributed by atoms with Crippen LogP contribution in [0.3, 0.4) is 0 Å². The number of hydrogen-bond acceptors (Lipinski definition) is 3. The van der Waals surface area contributed by atoms with Crippen molar-refractivity contribution in [3.8, 4) is 5.75 Å². The minimum absolute atomic E-state index is 0.00893. The van der Waals surface area contributed by atoms with Crippen LogP contribution in [0.15, 0.2) is 29.2 Å². The third-order valence-electron chi connectivity index (χ3n) is 1.75. The number of hydrogen-bond donors (Lipinski definition) is 0. The summed E-state index contributed by atoms with van der Waals surface area (Å²) in [4.78, 5) is -0.242. The van der Waals surface area contributed by atoms with Gasteiger partial charge < -0.3 is 4.74 Å². The lowest BCUT2D eigenvalue weighted by atomic mass is 10.3. The summed E-state index contributed by atoms with van der Waals surface area (Å²) in [6.45, 7) is 5.71. The summed E-state index contributed by atoms with van der Waals surface area (Å²) in [5, 5.41) is -0.143. The average molecular weight is 316 g/mol. The molecule has 1 aromatic rings. The van der Waals surface area contributed by atoms with E-state index in [1.54, 1.807) is 6.92 Å². The first-order valence-corrected chi connectivity index (χ1v) is 7.50. The molecule has 0 aliphatic carbocycles. The predicted octanol–water partition coefficient (Wildman–Crippen LogP) is 3.88. The highest BCUT2D eigenvalue weighted by atomic mass is 35.7. The van der Waals surface area contributed by atoms with Crippen LogP contribution < -0.4 is 4.74 Å². The van der Waals surface area contributed by atoms with Crippen molar-refractivity contribution in [3.05, 3.63) is 34.3 Å². The van der Waals surface area contributed by atoms with Gasteiger partial charge in [-0.1, -0.05) is 29.8 Å². The Balaban J connectivity index is 3.16. The molecule has 1 aromatic carbocycles. The highest BCUT2D eigenvalue weighted by Crippen LogP contribution is 2.37. The van der Waals surface area contributed by atoms with E-state index in [4.69, 9.17) is 38.6 Å². The van der Waals surface area contributed by atoms with Crippen molar-refractivity contribution in [2.45, 2.75) is 11.8 Å². The fourth-order valence-corrected chi connectivity index (χ4v) is 2.80. The molecule has 0 spiro atoms. The molecule has 0 saturated heterocycles. The van der Waals surface area contributed by atoms with Crippen molar-refractivity contribution in [3.63, 3.8) is 0 Å². The molecule has 3 nitrogen and oxygen atoms in total. The summed E-state index contributed by atoms with van der Waals surface area (Å²) >= 11 is 11.7. The van der Waals surface area contributed by atoms with Crippen LogP contribution in [0.2, 0.25) is 10.0 Å².